The van der Waals surface area contributed by atoms with Crippen LogP contribution in [0.2, 0.25) is 0 Å². The van der Waals surface area contributed by atoms with Gasteiger partial charge in [-0.15, -0.1) is 0 Å². The molecule has 0 amide bonds. The highest BCUT2D eigenvalue weighted by Crippen LogP contribution is 2.28. The summed E-state index contributed by atoms with van der Waals surface area (Å²) in [5.74, 6) is 0.467. The summed E-state index contributed by atoms with van der Waals surface area (Å²) in [6.45, 7) is 4.64. The number of likely N-dealkylation sites (N-methyl/N-ethyl adjacent to an activating group) is 1. The Bertz CT molecular complexity index is 597. The Balaban J connectivity index is 1.57. The Morgan fingerprint density at radius 3 is 2.38 bits per heavy atom. The number of nitrogens with two attached hydrogens (primary N) is 1. The van der Waals surface area contributed by atoms with Crippen molar-refractivity contribution in [3.05, 3.63) is 12.1 Å². The average Bonchev–Trinajstić information content (AvgIpc) is 2.61. The number of hydrogen-bond donors (Lipinski definition) is 1. The summed E-state index contributed by atoms with van der Waals surface area (Å²) >= 11 is 0. The predicted octanol–water partition coefficient (Wildman–Crippen LogP) is 1.82. The summed E-state index contributed by atoms with van der Waals surface area (Å²) in [4.78, 5) is 11.2. The Morgan fingerprint density at radius 1 is 1.12 bits per heavy atom. The van der Waals surface area contributed by atoms with Crippen LogP contribution in [-0.2, 0) is 0 Å². The van der Waals surface area contributed by atoms with Crippen LogP contribution in [0.3, 0.4) is 0 Å². The van der Waals surface area contributed by atoms with Gasteiger partial charge in [-0.1, -0.05) is 0 Å². The lowest BCUT2D eigenvalue weighted by molar-refractivity contribution is -0.153. The minimum atomic E-state index is -4.41. The fourth-order valence-electron chi connectivity index (χ4n) is 3.53. The SMILES string of the molecule is CN1CCN(C2CCN(c3ccc(N)c(OCC(F)(F)F)n3)CC2)CC1. The van der Waals surface area contributed by atoms with Crippen molar-refractivity contribution in [2.45, 2.75) is 25.1 Å². The molecule has 0 bridgehead atoms. The molecule has 0 unspecified atom stereocenters. The van der Waals surface area contributed by atoms with E-state index in [1.807, 2.05) is 0 Å². The summed E-state index contributed by atoms with van der Waals surface area (Å²) in [5.41, 5.74) is 5.81. The number of aromatic nitrogens is 1. The number of ether oxygens (including phenoxy) is 1. The van der Waals surface area contributed by atoms with Gasteiger partial charge in [-0.3, -0.25) is 4.90 Å². The van der Waals surface area contributed by atoms with E-state index < -0.39 is 12.8 Å². The lowest BCUT2D eigenvalue weighted by Crippen LogP contribution is -2.52. The Labute approximate surface area is 151 Å². The first-order valence-corrected chi connectivity index (χ1v) is 8.95. The lowest BCUT2D eigenvalue weighted by Gasteiger charge is -2.42. The molecule has 146 valence electrons. The van der Waals surface area contributed by atoms with Gasteiger partial charge in [-0.05, 0) is 32.0 Å². The van der Waals surface area contributed by atoms with Gasteiger partial charge in [-0.2, -0.15) is 18.2 Å². The fraction of sp³-hybridized carbons (Fsp3) is 0.706. The molecule has 6 nitrogen and oxygen atoms in total. The van der Waals surface area contributed by atoms with Crippen molar-refractivity contribution in [1.29, 1.82) is 0 Å². The van der Waals surface area contributed by atoms with E-state index in [0.29, 0.717) is 11.9 Å². The molecule has 2 aliphatic heterocycles. The highest BCUT2D eigenvalue weighted by atomic mass is 19.4. The number of piperidine rings is 1. The zero-order valence-corrected chi connectivity index (χ0v) is 15.0. The van der Waals surface area contributed by atoms with Crippen LogP contribution in [0.5, 0.6) is 5.88 Å². The van der Waals surface area contributed by atoms with E-state index in [0.717, 1.165) is 52.1 Å². The maximum absolute atomic E-state index is 12.4. The number of alkyl halides is 3. The third-order valence-electron chi connectivity index (χ3n) is 5.09. The largest absolute Gasteiger partial charge is 0.466 e. The van der Waals surface area contributed by atoms with E-state index >= 15 is 0 Å². The molecule has 2 aliphatic rings. The number of nitrogen functional groups attached to an aromatic ring is 1. The van der Waals surface area contributed by atoms with Gasteiger partial charge in [0.15, 0.2) is 6.61 Å². The van der Waals surface area contributed by atoms with Gasteiger partial charge >= 0.3 is 6.18 Å². The van der Waals surface area contributed by atoms with Crippen molar-refractivity contribution in [1.82, 2.24) is 14.8 Å². The molecule has 0 atom stereocenters. The summed E-state index contributed by atoms with van der Waals surface area (Å²) in [6, 6.07) is 3.86. The normalized spacial score (nSPS) is 21.2. The van der Waals surface area contributed by atoms with E-state index in [-0.39, 0.29) is 11.6 Å². The second kappa shape index (κ2) is 7.87. The first-order chi connectivity index (χ1) is 12.3. The molecule has 2 fully saturated rings. The minimum absolute atomic E-state index is 0.116. The third kappa shape index (κ3) is 4.91. The van der Waals surface area contributed by atoms with Gasteiger partial charge in [0.1, 0.15) is 5.82 Å². The summed E-state index contributed by atoms with van der Waals surface area (Å²) < 4.78 is 41.8. The Kier molecular flexibility index (Phi) is 5.76. The van der Waals surface area contributed by atoms with E-state index in [4.69, 9.17) is 10.5 Å². The van der Waals surface area contributed by atoms with Gasteiger partial charge in [0.2, 0.25) is 5.88 Å². The molecular formula is C17H26F3N5O. The second-order valence-corrected chi connectivity index (χ2v) is 7.03. The molecule has 0 radical (unpaired) electrons. The first kappa shape index (κ1) is 19.0. The molecule has 1 aromatic heterocycles. The topological polar surface area (TPSA) is 57.9 Å². The average molecular weight is 373 g/mol. The Morgan fingerprint density at radius 2 is 1.77 bits per heavy atom. The number of halogens is 3. The van der Waals surface area contributed by atoms with Crippen LogP contribution in [0.1, 0.15) is 12.8 Å². The molecule has 0 aromatic carbocycles. The molecule has 0 aliphatic carbocycles. The molecule has 26 heavy (non-hydrogen) atoms. The molecule has 2 saturated heterocycles. The van der Waals surface area contributed by atoms with Gasteiger partial charge < -0.3 is 20.3 Å². The highest BCUT2D eigenvalue weighted by molar-refractivity contribution is 5.54. The van der Waals surface area contributed by atoms with Crippen LogP contribution in [0.25, 0.3) is 0 Å². The Hall–Kier alpha value is -1.74. The number of rotatable bonds is 4. The van der Waals surface area contributed by atoms with Crippen molar-refractivity contribution in [2.24, 2.45) is 0 Å². The monoisotopic (exact) mass is 373 g/mol. The molecule has 3 rings (SSSR count). The molecule has 0 saturated carbocycles. The predicted molar refractivity (Wildman–Crippen MR) is 94.5 cm³/mol. The summed E-state index contributed by atoms with van der Waals surface area (Å²) in [5, 5.41) is 0. The molecule has 2 N–H and O–H groups in total. The third-order valence-corrected chi connectivity index (χ3v) is 5.09. The van der Waals surface area contributed by atoms with Crippen LogP contribution in [-0.4, -0.2) is 79.9 Å². The fourth-order valence-corrected chi connectivity index (χ4v) is 3.53. The van der Waals surface area contributed by atoms with Crippen molar-refractivity contribution in [3.63, 3.8) is 0 Å². The van der Waals surface area contributed by atoms with Crippen LogP contribution in [0.4, 0.5) is 24.7 Å². The van der Waals surface area contributed by atoms with Crippen LogP contribution >= 0.6 is 0 Å². The van der Waals surface area contributed by atoms with Gasteiger partial charge in [0.05, 0.1) is 5.69 Å². The maximum Gasteiger partial charge on any atom is 0.422 e. The summed E-state index contributed by atoms with van der Waals surface area (Å²) in [7, 11) is 2.14. The smallest absolute Gasteiger partial charge is 0.422 e. The number of hydrogen-bond acceptors (Lipinski definition) is 6. The van der Waals surface area contributed by atoms with E-state index in [9.17, 15) is 13.2 Å². The zero-order chi connectivity index (χ0) is 18.7. The first-order valence-electron chi connectivity index (χ1n) is 8.95. The standard InChI is InChI=1S/C17H26F3N5O/c1-23-8-10-24(11-9-23)13-4-6-25(7-5-13)15-3-2-14(21)16(22-15)26-12-17(18,19)20/h2-3,13H,4-12,21H2,1H3. The quantitative estimate of drug-likeness (QED) is 0.869. The molecule has 0 spiro atoms. The highest BCUT2D eigenvalue weighted by Gasteiger charge is 2.30. The number of piperazine rings is 1. The number of nitrogens with zero attached hydrogens (tertiary/aromatic N) is 4. The van der Waals surface area contributed by atoms with Crippen molar-refractivity contribution in [3.8, 4) is 5.88 Å². The molecule has 1 aromatic rings. The van der Waals surface area contributed by atoms with Gasteiger partial charge in [0.25, 0.3) is 0 Å². The number of pyridine rings is 1. The van der Waals surface area contributed by atoms with E-state index in [1.54, 1.807) is 12.1 Å². The van der Waals surface area contributed by atoms with Crippen LogP contribution < -0.4 is 15.4 Å². The second-order valence-electron chi connectivity index (χ2n) is 7.03. The molecular weight excluding hydrogens is 347 g/mol. The molecule has 3 heterocycles. The van der Waals surface area contributed by atoms with Crippen LogP contribution in [0, 0.1) is 0 Å². The van der Waals surface area contributed by atoms with Gasteiger partial charge in [0, 0.05) is 45.3 Å². The number of anilines is 2. The lowest BCUT2D eigenvalue weighted by atomic mass is 10.0. The summed E-state index contributed by atoms with van der Waals surface area (Å²) in [6.07, 6.45) is -2.37. The van der Waals surface area contributed by atoms with E-state index in [1.165, 1.54) is 0 Å². The maximum atomic E-state index is 12.4. The minimum Gasteiger partial charge on any atom is -0.466 e. The zero-order valence-electron chi connectivity index (χ0n) is 15.0. The van der Waals surface area contributed by atoms with E-state index in [2.05, 4.69) is 26.7 Å². The van der Waals surface area contributed by atoms with Gasteiger partial charge in [-0.25, -0.2) is 0 Å². The molecule has 9 heteroatoms. The van der Waals surface area contributed by atoms with Crippen molar-refractivity contribution >= 4 is 11.5 Å². The van der Waals surface area contributed by atoms with Crippen molar-refractivity contribution in [2.75, 3.05) is 63.6 Å². The van der Waals surface area contributed by atoms with Crippen molar-refractivity contribution < 1.29 is 17.9 Å². The van der Waals surface area contributed by atoms with Crippen LogP contribution in [0.15, 0.2) is 12.1 Å².